The van der Waals surface area contributed by atoms with Gasteiger partial charge in [-0.3, -0.25) is 9.59 Å². The second-order valence-electron chi connectivity index (χ2n) is 8.28. The van der Waals surface area contributed by atoms with Crippen molar-refractivity contribution in [2.45, 2.75) is 40.2 Å². The Kier molecular flexibility index (Phi) is 7.65. The van der Waals surface area contributed by atoms with E-state index in [0.717, 1.165) is 27.6 Å². The topological polar surface area (TPSA) is 95.6 Å². The van der Waals surface area contributed by atoms with E-state index in [1.807, 2.05) is 76.4 Å². The number of nitrogens with one attached hydrogen (secondary N) is 3. The number of hydrazone groups is 1. The summed E-state index contributed by atoms with van der Waals surface area (Å²) in [5.74, 6) is 0.184. The molecule has 0 saturated heterocycles. The van der Waals surface area contributed by atoms with Crippen LogP contribution in [0.4, 0.5) is 0 Å². The third kappa shape index (κ3) is 5.97. The van der Waals surface area contributed by atoms with Gasteiger partial charge in [0.2, 0.25) is 0 Å². The minimum atomic E-state index is -0.704. The summed E-state index contributed by atoms with van der Waals surface area (Å²) < 4.78 is 5.71. The summed E-state index contributed by atoms with van der Waals surface area (Å²) in [6.07, 6.45) is 3.91. The fraction of sp³-hybridized carbons (Fsp3) is 0.320. The van der Waals surface area contributed by atoms with Gasteiger partial charge in [0.15, 0.2) is 6.61 Å². The average Bonchev–Trinajstić information content (AvgIpc) is 3.16. The highest BCUT2D eigenvalue weighted by Gasteiger charge is 2.22. The number of hydrogen-bond acceptors (Lipinski definition) is 4. The van der Waals surface area contributed by atoms with Crippen molar-refractivity contribution in [3.05, 3.63) is 65.4 Å². The van der Waals surface area contributed by atoms with Gasteiger partial charge in [0.25, 0.3) is 11.8 Å². The molecular formula is C25H30N4O3. The average molecular weight is 435 g/mol. The van der Waals surface area contributed by atoms with Crippen LogP contribution in [0.15, 0.2) is 53.8 Å². The maximum atomic E-state index is 12.7. The van der Waals surface area contributed by atoms with E-state index in [0.29, 0.717) is 12.2 Å². The smallest absolute Gasteiger partial charge is 0.262 e. The van der Waals surface area contributed by atoms with E-state index in [4.69, 9.17) is 4.74 Å². The second-order valence-corrected chi connectivity index (χ2v) is 8.28. The van der Waals surface area contributed by atoms with Gasteiger partial charge >= 0.3 is 0 Å². The molecule has 7 nitrogen and oxygen atoms in total. The van der Waals surface area contributed by atoms with Gasteiger partial charge in [-0.25, -0.2) is 5.43 Å². The largest absolute Gasteiger partial charge is 0.483 e. The summed E-state index contributed by atoms with van der Waals surface area (Å²) in [6, 6.07) is 12.9. The minimum Gasteiger partial charge on any atom is -0.483 e. The van der Waals surface area contributed by atoms with Crippen molar-refractivity contribution in [3.63, 3.8) is 0 Å². The van der Waals surface area contributed by atoms with Crippen LogP contribution < -0.4 is 15.5 Å². The van der Waals surface area contributed by atoms with Gasteiger partial charge in [-0.05, 0) is 43.4 Å². The summed E-state index contributed by atoms with van der Waals surface area (Å²) in [7, 11) is 0. The highest BCUT2D eigenvalue weighted by molar-refractivity contribution is 5.99. The van der Waals surface area contributed by atoms with Crippen LogP contribution in [0.5, 0.6) is 5.75 Å². The van der Waals surface area contributed by atoms with Crippen LogP contribution in [-0.2, 0) is 9.59 Å². The molecule has 0 saturated carbocycles. The molecule has 2 aromatic carbocycles. The number of fused-ring (bicyclic) bond motifs is 1. The van der Waals surface area contributed by atoms with Gasteiger partial charge in [-0.15, -0.1) is 0 Å². The zero-order valence-electron chi connectivity index (χ0n) is 18.9. The molecule has 0 aliphatic carbocycles. The number of para-hydroxylation sites is 2. The van der Waals surface area contributed by atoms with Crippen molar-refractivity contribution in [2.75, 3.05) is 6.61 Å². The number of aromatic nitrogens is 1. The fourth-order valence-corrected chi connectivity index (χ4v) is 3.55. The number of carbonyl (C=O) groups excluding carboxylic acids is 2. The SMILES string of the molecule is Cc1cccc(C)c1OCC(=O)N[C@H](CC(C)C)C(=O)N/N=C\c1c[nH]c2ccccc12. The molecule has 168 valence electrons. The number of ether oxygens (including phenoxy) is 1. The number of H-pyrrole nitrogens is 1. The third-order valence-corrected chi connectivity index (χ3v) is 5.11. The normalized spacial score (nSPS) is 12.3. The number of nitrogens with zero attached hydrogens (tertiary/aromatic N) is 1. The van der Waals surface area contributed by atoms with E-state index in [1.54, 1.807) is 6.21 Å². The molecule has 1 heterocycles. The van der Waals surface area contributed by atoms with Gasteiger partial charge in [0.05, 0.1) is 6.21 Å². The third-order valence-electron chi connectivity index (χ3n) is 5.11. The molecule has 0 spiro atoms. The predicted octanol–water partition coefficient (Wildman–Crippen LogP) is 3.84. The van der Waals surface area contributed by atoms with Crippen molar-refractivity contribution in [1.82, 2.24) is 15.7 Å². The molecule has 0 unspecified atom stereocenters. The molecule has 2 amide bonds. The molecule has 0 radical (unpaired) electrons. The Labute approximate surface area is 188 Å². The van der Waals surface area contributed by atoms with Crippen LogP contribution in [0.3, 0.4) is 0 Å². The molecule has 3 rings (SSSR count). The summed E-state index contributed by atoms with van der Waals surface area (Å²) in [5.41, 5.74) is 6.33. The number of hydrogen-bond donors (Lipinski definition) is 3. The van der Waals surface area contributed by atoms with Crippen molar-refractivity contribution in [2.24, 2.45) is 11.0 Å². The first kappa shape index (κ1) is 23.1. The summed E-state index contributed by atoms with van der Waals surface area (Å²) in [5, 5.41) is 7.88. The summed E-state index contributed by atoms with van der Waals surface area (Å²) in [4.78, 5) is 28.3. The Morgan fingerprint density at radius 3 is 2.53 bits per heavy atom. The molecule has 1 aromatic heterocycles. The maximum Gasteiger partial charge on any atom is 0.262 e. The first-order chi connectivity index (χ1) is 15.3. The Balaban J connectivity index is 1.59. The molecule has 1 atom stereocenters. The lowest BCUT2D eigenvalue weighted by atomic mass is 10.0. The van der Waals surface area contributed by atoms with E-state index < -0.39 is 6.04 Å². The number of carbonyl (C=O) groups is 2. The van der Waals surface area contributed by atoms with E-state index in [2.05, 4.69) is 20.8 Å². The van der Waals surface area contributed by atoms with E-state index >= 15 is 0 Å². The lowest BCUT2D eigenvalue weighted by molar-refractivity contribution is -0.130. The number of benzene rings is 2. The van der Waals surface area contributed by atoms with Crippen LogP contribution in [0.2, 0.25) is 0 Å². The summed E-state index contributed by atoms with van der Waals surface area (Å²) in [6.45, 7) is 7.69. The number of aryl methyl sites for hydroxylation is 2. The highest BCUT2D eigenvalue weighted by Crippen LogP contribution is 2.22. The van der Waals surface area contributed by atoms with Crippen LogP contribution >= 0.6 is 0 Å². The van der Waals surface area contributed by atoms with Crippen LogP contribution in [0.25, 0.3) is 10.9 Å². The van der Waals surface area contributed by atoms with Crippen LogP contribution in [0.1, 0.15) is 37.0 Å². The zero-order valence-corrected chi connectivity index (χ0v) is 18.9. The summed E-state index contributed by atoms with van der Waals surface area (Å²) >= 11 is 0. The Bertz CT molecular complexity index is 1100. The van der Waals surface area contributed by atoms with Crippen molar-refractivity contribution >= 4 is 28.9 Å². The Morgan fingerprint density at radius 1 is 1.09 bits per heavy atom. The molecule has 3 N–H and O–H groups in total. The first-order valence-corrected chi connectivity index (χ1v) is 10.7. The monoisotopic (exact) mass is 434 g/mol. The lowest BCUT2D eigenvalue weighted by Gasteiger charge is -2.19. The van der Waals surface area contributed by atoms with Gasteiger partial charge in [-0.2, -0.15) is 5.10 Å². The number of amides is 2. The van der Waals surface area contributed by atoms with Crippen LogP contribution in [0, 0.1) is 19.8 Å². The molecule has 0 aliphatic rings. The van der Waals surface area contributed by atoms with E-state index in [9.17, 15) is 9.59 Å². The Morgan fingerprint density at radius 2 is 1.81 bits per heavy atom. The van der Waals surface area contributed by atoms with Crippen LogP contribution in [-0.4, -0.2) is 35.7 Å². The minimum absolute atomic E-state index is 0.161. The van der Waals surface area contributed by atoms with Crippen molar-refractivity contribution in [3.8, 4) is 5.75 Å². The lowest BCUT2D eigenvalue weighted by Crippen LogP contribution is -2.47. The van der Waals surface area contributed by atoms with Gasteiger partial charge in [0.1, 0.15) is 11.8 Å². The molecule has 0 aliphatic heterocycles. The zero-order chi connectivity index (χ0) is 23.1. The van der Waals surface area contributed by atoms with Gasteiger partial charge < -0.3 is 15.0 Å². The van der Waals surface area contributed by atoms with Crippen molar-refractivity contribution < 1.29 is 14.3 Å². The maximum absolute atomic E-state index is 12.7. The van der Waals surface area contributed by atoms with Gasteiger partial charge in [-0.1, -0.05) is 50.2 Å². The van der Waals surface area contributed by atoms with E-state index in [1.165, 1.54) is 0 Å². The molecular weight excluding hydrogens is 404 g/mol. The second kappa shape index (κ2) is 10.6. The standard InChI is InChI=1S/C25H30N4O3/c1-16(2)12-22(28-23(30)15-32-24-17(3)8-7-9-18(24)4)25(31)29-27-14-19-13-26-21-11-6-5-10-20(19)21/h5-11,13-14,16,22,26H,12,15H2,1-4H3,(H,28,30)(H,29,31)/b27-14-/t22-/m1/s1. The van der Waals surface area contributed by atoms with Crippen molar-refractivity contribution in [1.29, 1.82) is 0 Å². The van der Waals surface area contributed by atoms with Gasteiger partial charge in [0, 0.05) is 22.7 Å². The number of aromatic amines is 1. The predicted molar refractivity (Wildman–Crippen MR) is 127 cm³/mol. The number of rotatable bonds is 9. The first-order valence-electron chi connectivity index (χ1n) is 10.7. The molecule has 3 aromatic rings. The molecule has 0 bridgehead atoms. The Hall–Kier alpha value is -3.61. The highest BCUT2D eigenvalue weighted by atomic mass is 16.5. The fourth-order valence-electron chi connectivity index (χ4n) is 3.55. The molecule has 0 fully saturated rings. The quantitative estimate of drug-likeness (QED) is 0.353. The molecule has 7 heteroatoms. The van der Waals surface area contributed by atoms with E-state index in [-0.39, 0.29) is 24.3 Å². The molecule has 32 heavy (non-hydrogen) atoms.